The van der Waals surface area contributed by atoms with E-state index >= 15 is 0 Å². The molecule has 3 nitrogen and oxygen atoms in total. The van der Waals surface area contributed by atoms with Gasteiger partial charge in [0.2, 0.25) is 0 Å². The van der Waals surface area contributed by atoms with Crippen LogP contribution in [-0.2, 0) is 16.0 Å². The van der Waals surface area contributed by atoms with Gasteiger partial charge >= 0.3 is 0 Å². The van der Waals surface area contributed by atoms with E-state index in [0.29, 0.717) is 13.0 Å². The van der Waals surface area contributed by atoms with Gasteiger partial charge < -0.3 is 4.74 Å². The second-order valence-corrected chi connectivity index (χ2v) is 3.26. The number of carbonyl (C=O) groups is 1. The molecular weight excluding hydrogens is 174 g/mol. The zero-order chi connectivity index (χ0) is 8.81. The number of thiazole rings is 1. The van der Waals surface area contributed by atoms with Gasteiger partial charge in [-0.15, -0.1) is 11.3 Å². The van der Waals surface area contributed by atoms with Crippen molar-refractivity contribution in [3.8, 4) is 0 Å². The third kappa shape index (κ3) is 3.11. The molecular formula is C8H11NO2S. The third-order valence-corrected chi connectivity index (χ3v) is 2.08. The van der Waals surface area contributed by atoms with Gasteiger partial charge in [-0.1, -0.05) is 0 Å². The van der Waals surface area contributed by atoms with E-state index in [-0.39, 0.29) is 12.4 Å². The molecule has 0 aliphatic heterocycles. The Balaban J connectivity index is 2.27. The van der Waals surface area contributed by atoms with Crippen LogP contribution in [0.15, 0.2) is 11.6 Å². The van der Waals surface area contributed by atoms with Crippen molar-refractivity contribution in [1.82, 2.24) is 4.98 Å². The predicted octanol–water partition coefficient (Wildman–Crippen LogP) is 1.29. The molecule has 1 aromatic heterocycles. The van der Waals surface area contributed by atoms with Crippen LogP contribution in [0.25, 0.3) is 0 Å². The highest BCUT2D eigenvalue weighted by Gasteiger charge is 2.04. The molecule has 0 saturated carbocycles. The first-order valence-electron chi connectivity index (χ1n) is 3.80. The number of ether oxygens (including phenoxy) is 1. The van der Waals surface area contributed by atoms with Crippen LogP contribution < -0.4 is 0 Å². The Kier molecular flexibility index (Phi) is 3.90. The van der Waals surface area contributed by atoms with Crippen LogP contribution in [-0.4, -0.2) is 24.0 Å². The molecule has 4 heteroatoms. The average molecular weight is 185 g/mol. The largest absolute Gasteiger partial charge is 0.374 e. The van der Waals surface area contributed by atoms with Crippen molar-refractivity contribution < 1.29 is 9.53 Å². The normalized spacial score (nSPS) is 10.1. The lowest BCUT2D eigenvalue weighted by Gasteiger charge is -1.97. The molecule has 0 amide bonds. The summed E-state index contributed by atoms with van der Waals surface area (Å²) in [6.45, 7) is 2.66. The third-order valence-electron chi connectivity index (χ3n) is 1.30. The minimum Gasteiger partial charge on any atom is -0.374 e. The van der Waals surface area contributed by atoms with Crippen LogP contribution in [0.3, 0.4) is 0 Å². The van der Waals surface area contributed by atoms with E-state index in [9.17, 15) is 4.79 Å². The van der Waals surface area contributed by atoms with Crippen molar-refractivity contribution in [2.75, 3.05) is 13.2 Å². The summed E-state index contributed by atoms with van der Waals surface area (Å²) in [4.78, 5) is 15.1. The van der Waals surface area contributed by atoms with Crippen LogP contribution in [0.2, 0.25) is 0 Å². The quantitative estimate of drug-likeness (QED) is 0.694. The van der Waals surface area contributed by atoms with Gasteiger partial charge in [-0.25, -0.2) is 4.98 Å². The monoisotopic (exact) mass is 185 g/mol. The van der Waals surface area contributed by atoms with Crippen LogP contribution in [0.4, 0.5) is 0 Å². The van der Waals surface area contributed by atoms with E-state index in [2.05, 4.69) is 4.98 Å². The molecule has 12 heavy (non-hydrogen) atoms. The Morgan fingerprint density at radius 2 is 2.58 bits per heavy atom. The van der Waals surface area contributed by atoms with Crippen molar-refractivity contribution in [3.63, 3.8) is 0 Å². The minimum atomic E-state index is 0.0896. The first kappa shape index (κ1) is 9.35. The fraction of sp³-hybridized carbons (Fsp3) is 0.500. The zero-order valence-electron chi connectivity index (χ0n) is 6.95. The van der Waals surface area contributed by atoms with Gasteiger partial charge in [0.25, 0.3) is 0 Å². The van der Waals surface area contributed by atoms with E-state index in [1.807, 2.05) is 12.3 Å². The zero-order valence-corrected chi connectivity index (χ0v) is 7.76. The summed E-state index contributed by atoms with van der Waals surface area (Å²) in [5, 5.41) is 2.73. The topological polar surface area (TPSA) is 39.2 Å². The molecule has 0 aliphatic rings. The summed E-state index contributed by atoms with van der Waals surface area (Å²) >= 11 is 1.50. The van der Waals surface area contributed by atoms with E-state index in [1.165, 1.54) is 11.3 Å². The van der Waals surface area contributed by atoms with E-state index in [1.54, 1.807) is 6.20 Å². The Morgan fingerprint density at radius 3 is 3.17 bits per heavy atom. The van der Waals surface area contributed by atoms with Crippen molar-refractivity contribution in [2.45, 2.75) is 13.3 Å². The fourth-order valence-corrected chi connectivity index (χ4v) is 1.42. The maximum Gasteiger partial charge on any atom is 0.165 e. The van der Waals surface area contributed by atoms with Gasteiger partial charge in [0.15, 0.2) is 5.78 Å². The Hall–Kier alpha value is -0.740. The Morgan fingerprint density at radius 1 is 1.75 bits per heavy atom. The lowest BCUT2D eigenvalue weighted by Crippen LogP contribution is -2.10. The second-order valence-electron chi connectivity index (χ2n) is 2.28. The molecule has 1 rings (SSSR count). The highest BCUT2D eigenvalue weighted by Crippen LogP contribution is 2.04. The molecule has 1 heterocycles. The first-order chi connectivity index (χ1) is 5.83. The standard InChI is InChI=1S/C8H11NO2S/c1-2-11-6-7(10)5-8-9-3-4-12-8/h3-4H,2,5-6H2,1H3. The number of hydrogen-bond donors (Lipinski definition) is 0. The summed E-state index contributed by atoms with van der Waals surface area (Å²) in [6.07, 6.45) is 2.10. The van der Waals surface area contributed by atoms with E-state index in [0.717, 1.165) is 5.01 Å². The van der Waals surface area contributed by atoms with Gasteiger partial charge in [-0.3, -0.25) is 4.79 Å². The lowest BCUT2D eigenvalue weighted by atomic mass is 10.3. The Bertz CT molecular complexity index is 233. The van der Waals surface area contributed by atoms with Crippen LogP contribution in [0, 0.1) is 0 Å². The number of carbonyl (C=O) groups excluding carboxylic acids is 1. The number of rotatable bonds is 5. The molecule has 0 aromatic carbocycles. The van der Waals surface area contributed by atoms with Crippen molar-refractivity contribution in [2.24, 2.45) is 0 Å². The molecule has 1 aromatic rings. The summed E-state index contributed by atoms with van der Waals surface area (Å²) < 4.78 is 4.97. The van der Waals surface area contributed by atoms with Gasteiger partial charge in [0.05, 0.1) is 11.4 Å². The van der Waals surface area contributed by atoms with Crippen LogP contribution >= 0.6 is 11.3 Å². The number of hydrogen-bond acceptors (Lipinski definition) is 4. The van der Waals surface area contributed by atoms with Crippen molar-refractivity contribution >= 4 is 17.1 Å². The van der Waals surface area contributed by atoms with Gasteiger partial charge in [-0.05, 0) is 6.92 Å². The van der Waals surface area contributed by atoms with Crippen LogP contribution in [0.5, 0.6) is 0 Å². The molecule has 0 spiro atoms. The van der Waals surface area contributed by atoms with Gasteiger partial charge in [0.1, 0.15) is 6.61 Å². The summed E-state index contributed by atoms with van der Waals surface area (Å²) in [6, 6.07) is 0. The highest BCUT2D eigenvalue weighted by atomic mass is 32.1. The molecule has 0 atom stereocenters. The highest BCUT2D eigenvalue weighted by molar-refractivity contribution is 7.09. The van der Waals surface area contributed by atoms with E-state index in [4.69, 9.17) is 4.74 Å². The van der Waals surface area contributed by atoms with Gasteiger partial charge in [0, 0.05) is 18.2 Å². The molecule has 0 aliphatic carbocycles. The predicted molar refractivity (Wildman–Crippen MR) is 47.3 cm³/mol. The average Bonchev–Trinajstić information content (AvgIpc) is 2.53. The molecule has 0 radical (unpaired) electrons. The van der Waals surface area contributed by atoms with Gasteiger partial charge in [-0.2, -0.15) is 0 Å². The molecule has 0 unspecified atom stereocenters. The molecule has 0 fully saturated rings. The second kappa shape index (κ2) is 5.00. The molecule has 66 valence electrons. The van der Waals surface area contributed by atoms with Crippen molar-refractivity contribution in [1.29, 1.82) is 0 Å². The molecule has 0 saturated heterocycles. The minimum absolute atomic E-state index is 0.0896. The fourth-order valence-electron chi connectivity index (χ4n) is 0.776. The molecule has 0 N–H and O–H groups in total. The maximum atomic E-state index is 11.1. The summed E-state index contributed by atoms with van der Waals surface area (Å²) in [5.74, 6) is 0.0896. The summed E-state index contributed by atoms with van der Waals surface area (Å²) in [5.41, 5.74) is 0. The number of Topliss-reactive ketones (excluding diaryl/α,β-unsaturated/α-hetero) is 1. The SMILES string of the molecule is CCOCC(=O)Cc1nccs1. The molecule has 0 bridgehead atoms. The number of ketones is 1. The smallest absolute Gasteiger partial charge is 0.165 e. The first-order valence-corrected chi connectivity index (χ1v) is 4.68. The number of aromatic nitrogens is 1. The summed E-state index contributed by atoms with van der Waals surface area (Å²) in [7, 11) is 0. The maximum absolute atomic E-state index is 11.1. The van der Waals surface area contributed by atoms with Crippen LogP contribution in [0.1, 0.15) is 11.9 Å². The number of nitrogens with zero attached hydrogens (tertiary/aromatic N) is 1. The van der Waals surface area contributed by atoms with E-state index < -0.39 is 0 Å². The lowest BCUT2D eigenvalue weighted by molar-refractivity contribution is -0.122. The Labute approximate surface area is 75.4 Å². The van der Waals surface area contributed by atoms with Crippen molar-refractivity contribution in [3.05, 3.63) is 16.6 Å².